The molecule has 204 valence electrons. The minimum atomic E-state index is -0.509. The van der Waals surface area contributed by atoms with Gasteiger partial charge in [-0.2, -0.15) is 0 Å². The van der Waals surface area contributed by atoms with Gasteiger partial charge in [0, 0.05) is 36.9 Å². The Morgan fingerprint density at radius 2 is 0.952 bits per heavy atom. The van der Waals surface area contributed by atoms with Crippen molar-refractivity contribution in [2.45, 2.75) is 6.92 Å². The number of benzene rings is 2. The van der Waals surface area contributed by atoms with E-state index in [0.717, 1.165) is 28.2 Å². The molecule has 0 aliphatic heterocycles. The first-order valence-corrected chi connectivity index (χ1v) is 15.2. The van der Waals surface area contributed by atoms with Gasteiger partial charge in [0.2, 0.25) is 0 Å². The van der Waals surface area contributed by atoms with Crippen LogP contribution in [0.5, 0.6) is 0 Å². The van der Waals surface area contributed by atoms with Gasteiger partial charge in [0.25, 0.3) is 0 Å². The van der Waals surface area contributed by atoms with Gasteiger partial charge in [-0.05, 0) is 42.8 Å². The summed E-state index contributed by atoms with van der Waals surface area (Å²) in [5.41, 5.74) is 2.08. The second kappa shape index (κ2) is 9.84. The van der Waals surface area contributed by atoms with Gasteiger partial charge in [-0.15, -0.1) is 34.0 Å². The van der Waals surface area contributed by atoms with Crippen molar-refractivity contribution in [2.24, 2.45) is 0 Å². The van der Waals surface area contributed by atoms with Crippen molar-refractivity contribution >= 4 is 69.3 Å². The van der Waals surface area contributed by atoms with Crippen LogP contribution in [0.3, 0.4) is 0 Å². The van der Waals surface area contributed by atoms with Crippen LogP contribution in [0.15, 0.2) is 77.9 Å². The molecular weight excluding hydrogens is 595 g/mol. The second-order valence-corrected chi connectivity index (χ2v) is 13.0. The van der Waals surface area contributed by atoms with Gasteiger partial charge < -0.3 is 0 Å². The van der Waals surface area contributed by atoms with Crippen LogP contribution in [0, 0.1) is 18.6 Å². The quantitative estimate of drug-likeness (QED) is 0.151. The average molecular weight is 611 g/mol. The molecule has 0 atom stereocenters. The molecule has 9 heteroatoms. The first-order chi connectivity index (χ1) is 20.2. The van der Waals surface area contributed by atoms with Crippen molar-refractivity contribution in [3.05, 3.63) is 127 Å². The lowest BCUT2D eigenvalue weighted by Crippen LogP contribution is -1.99. The molecule has 3 heterocycles. The molecule has 42 heavy (non-hydrogen) atoms. The normalized spacial score (nSPS) is 14.2. The van der Waals surface area contributed by atoms with E-state index in [1.807, 2.05) is 0 Å². The van der Waals surface area contributed by atoms with Crippen LogP contribution in [0.4, 0.5) is 8.78 Å². The number of carbonyl (C=O) groups is 4. The molecule has 0 unspecified atom stereocenters. The molecule has 0 fully saturated rings. The number of fused-ring (bicyclic) bond motifs is 2. The highest BCUT2D eigenvalue weighted by Crippen LogP contribution is 2.45. The van der Waals surface area contributed by atoms with Crippen molar-refractivity contribution in [1.29, 1.82) is 0 Å². The molecule has 0 amide bonds. The average Bonchev–Trinajstić information content (AvgIpc) is 3.76. The number of hydrogen-bond acceptors (Lipinski definition) is 7. The number of rotatable bonds is 4. The Labute approximate surface area is 249 Å². The van der Waals surface area contributed by atoms with Crippen LogP contribution in [0.25, 0.3) is 31.7 Å². The minimum Gasteiger partial charge on any atom is -0.288 e. The molecule has 5 aromatic rings. The fourth-order valence-electron chi connectivity index (χ4n) is 5.15. The van der Waals surface area contributed by atoms with Crippen molar-refractivity contribution < 1.29 is 28.0 Å². The number of Topliss-reactive ketones (excluding diaryl/α,β-unsaturated/α-hetero) is 4. The fourth-order valence-corrected chi connectivity index (χ4v) is 8.58. The summed E-state index contributed by atoms with van der Waals surface area (Å²) in [6.07, 6.45) is 2.85. The number of aryl methyl sites for hydroxylation is 1. The third kappa shape index (κ3) is 4.12. The van der Waals surface area contributed by atoms with E-state index in [1.165, 1.54) is 35.6 Å². The zero-order valence-corrected chi connectivity index (χ0v) is 24.1. The van der Waals surface area contributed by atoms with Crippen LogP contribution in [-0.4, -0.2) is 23.1 Å². The molecule has 7 rings (SSSR count). The van der Waals surface area contributed by atoms with E-state index in [-0.39, 0.29) is 34.3 Å². The van der Waals surface area contributed by atoms with Gasteiger partial charge >= 0.3 is 0 Å². The summed E-state index contributed by atoms with van der Waals surface area (Å²) in [4.78, 5) is 53.7. The number of ketones is 4. The maximum Gasteiger partial charge on any atom is 0.197 e. The standard InChI is InChI=1S/C33H16F2O4S3/c1-15-10-26(32-24(34)13-16(40-32)11-22-27(36)18-6-2-3-7-19(18)28(22)37)42-31(15)33-25(35)14-17(41-33)12-23-29(38)20-8-4-5-9-21(20)30(23)39/h2-14H,1H3. The summed E-state index contributed by atoms with van der Waals surface area (Å²) in [7, 11) is 0. The Morgan fingerprint density at radius 3 is 1.40 bits per heavy atom. The number of carbonyl (C=O) groups excluding carboxylic acids is 4. The molecule has 0 bridgehead atoms. The van der Waals surface area contributed by atoms with Crippen LogP contribution in [0.1, 0.15) is 56.7 Å². The summed E-state index contributed by atoms with van der Waals surface area (Å²) < 4.78 is 30.3. The van der Waals surface area contributed by atoms with E-state index in [0.29, 0.717) is 51.5 Å². The molecule has 0 saturated heterocycles. The van der Waals surface area contributed by atoms with E-state index < -0.39 is 11.6 Å². The van der Waals surface area contributed by atoms with Crippen molar-refractivity contribution in [2.75, 3.05) is 0 Å². The SMILES string of the molecule is Cc1cc(-c2sc(C=C3C(=O)c4ccccc4C3=O)cc2F)sc1-c1sc(C=C2C(=O)c3ccccc3C2=O)cc1F. The first-order valence-electron chi connectivity index (χ1n) is 12.7. The van der Waals surface area contributed by atoms with Crippen molar-refractivity contribution in [1.82, 2.24) is 0 Å². The van der Waals surface area contributed by atoms with E-state index >= 15 is 8.78 Å². The van der Waals surface area contributed by atoms with E-state index in [2.05, 4.69) is 0 Å². The number of allylic oxidation sites excluding steroid dienone is 2. The molecule has 0 spiro atoms. The Kier molecular flexibility index (Phi) is 6.20. The lowest BCUT2D eigenvalue weighted by atomic mass is 10.1. The highest BCUT2D eigenvalue weighted by molar-refractivity contribution is 7.27. The number of thiophene rings is 3. The van der Waals surface area contributed by atoms with Gasteiger partial charge in [0.1, 0.15) is 11.6 Å². The Bertz CT molecular complexity index is 2030. The summed E-state index contributed by atoms with van der Waals surface area (Å²) in [6, 6.07) is 17.5. The van der Waals surface area contributed by atoms with Crippen LogP contribution in [-0.2, 0) is 0 Å². The maximum absolute atomic E-state index is 15.2. The highest BCUT2D eigenvalue weighted by Gasteiger charge is 2.34. The number of halogens is 2. The predicted molar refractivity (Wildman–Crippen MR) is 162 cm³/mol. The van der Waals surface area contributed by atoms with Gasteiger partial charge in [0.05, 0.1) is 25.8 Å². The molecule has 2 aromatic carbocycles. The summed E-state index contributed by atoms with van der Waals surface area (Å²) in [6.45, 7) is 1.80. The summed E-state index contributed by atoms with van der Waals surface area (Å²) in [5.74, 6) is -2.56. The van der Waals surface area contributed by atoms with Crippen LogP contribution >= 0.6 is 34.0 Å². The first kappa shape index (κ1) is 26.5. The second-order valence-electron chi connectivity index (χ2n) is 9.80. The van der Waals surface area contributed by atoms with Crippen molar-refractivity contribution in [3.63, 3.8) is 0 Å². The van der Waals surface area contributed by atoms with Crippen LogP contribution in [0.2, 0.25) is 0 Å². The third-order valence-corrected chi connectivity index (χ3v) is 10.8. The molecule has 2 aliphatic carbocycles. The topological polar surface area (TPSA) is 68.3 Å². The molecule has 0 radical (unpaired) electrons. The lowest BCUT2D eigenvalue weighted by molar-refractivity contribution is 0.0975. The highest BCUT2D eigenvalue weighted by atomic mass is 32.1. The van der Waals surface area contributed by atoms with Gasteiger partial charge in [0.15, 0.2) is 23.1 Å². The lowest BCUT2D eigenvalue weighted by Gasteiger charge is -1.95. The Morgan fingerprint density at radius 1 is 0.548 bits per heavy atom. The van der Waals surface area contributed by atoms with E-state index in [4.69, 9.17) is 0 Å². The fraction of sp³-hybridized carbons (Fsp3) is 0.0303. The molecule has 2 aliphatic rings. The van der Waals surface area contributed by atoms with E-state index in [9.17, 15) is 19.2 Å². The predicted octanol–water partition coefficient (Wildman–Crippen LogP) is 8.72. The zero-order valence-electron chi connectivity index (χ0n) is 21.6. The summed E-state index contributed by atoms with van der Waals surface area (Å²) in [5, 5.41) is 0. The summed E-state index contributed by atoms with van der Waals surface area (Å²) >= 11 is 3.43. The number of hydrogen-bond donors (Lipinski definition) is 0. The van der Waals surface area contributed by atoms with Gasteiger partial charge in [-0.3, -0.25) is 19.2 Å². The zero-order chi connectivity index (χ0) is 29.3. The van der Waals surface area contributed by atoms with Gasteiger partial charge in [-0.1, -0.05) is 48.5 Å². The molecule has 3 aromatic heterocycles. The minimum absolute atomic E-state index is 0.00258. The molecule has 4 nitrogen and oxygen atoms in total. The monoisotopic (exact) mass is 610 g/mol. The van der Waals surface area contributed by atoms with Gasteiger partial charge in [-0.25, -0.2) is 8.78 Å². The molecule has 0 saturated carbocycles. The maximum atomic E-state index is 15.2. The molecule has 0 N–H and O–H groups in total. The van der Waals surface area contributed by atoms with Crippen molar-refractivity contribution in [3.8, 4) is 19.5 Å². The Hall–Kier alpha value is -4.44. The van der Waals surface area contributed by atoms with E-state index in [1.54, 1.807) is 61.5 Å². The smallest absolute Gasteiger partial charge is 0.197 e. The van der Waals surface area contributed by atoms with Crippen LogP contribution < -0.4 is 0 Å². The molecular formula is C33H16F2O4S3. The largest absolute Gasteiger partial charge is 0.288 e. The Balaban J connectivity index is 1.20. The third-order valence-electron chi connectivity index (χ3n) is 7.14.